The van der Waals surface area contributed by atoms with Gasteiger partial charge in [-0.1, -0.05) is 18.2 Å². The minimum absolute atomic E-state index is 0.0364. The van der Waals surface area contributed by atoms with Crippen LogP contribution in [-0.4, -0.2) is 16.1 Å². The molecule has 2 rings (SSSR count). The molecular formula is C14H13NO3. The number of ether oxygens (including phenoxy) is 1. The Bertz CT molecular complexity index is 549. The Morgan fingerprint density at radius 1 is 1.33 bits per heavy atom. The van der Waals surface area contributed by atoms with Crippen molar-refractivity contribution in [1.82, 2.24) is 4.98 Å². The maximum absolute atomic E-state index is 10.6. The van der Waals surface area contributed by atoms with E-state index in [9.17, 15) is 4.79 Å². The Balaban J connectivity index is 2.00. The van der Waals surface area contributed by atoms with Gasteiger partial charge in [0.05, 0.1) is 0 Å². The highest BCUT2D eigenvalue weighted by atomic mass is 16.5. The molecule has 0 fully saturated rings. The first-order chi connectivity index (χ1) is 8.65. The average molecular weight is 243 g/mol. The molecule has 18 heavy (non-hydrogen) atoms. The molecule has 2 aromatic rings. The number of aryl methyl sites for hydroxylation is 1. The minimum atomic E-state index is -1.03. The normalized spacial score (nSPS) is 10.1. The lowest BCUT2D eigenvalue weighted by atomic mass is 10.2. The predicted molar refractivity (Wildman–Crippen MR) is 66.7 cm³/mol. The number of aromatic carboxylic acids is 1. The minimum Gasteiger partial charge on any atom is -0.489 e. The zero-order valence-electron chi connectivity index (χ0n) is 9.96. The van der Waals surface area contributed by atoms with Gasteiger partial charge in [0.25, 0.3) is 0 Å². The van der Waals surface area contributed by atoms with E-state index >= 15 is 0 Å². The summed E-state index contributed by atoms with van der Waals surface area (Å²) >= 11 is 0. The summed E-state index contributed by atoms with van der Waals surface area (Å²) in [5.41, 5.74) is 2.00. The SMILES string of the molecule is Cc1cccc(OCc2ccc(C(=O)O)nc2)c1. The van der Waals surface area contributed by atoms with Crippen molar-refractivity contribution in [1.29, 1.82) is 0 Å². The molecule has 0 amide bonds. The fourth-order valence-corrected chi connectivity index (χ4v) is 1.51. The Labute approximate surface area is 105 Å². The topological polar surface area (TPSA) is 59.4 Å². The van der Waals surface area contributed by atoms with E-state index in [2.05, 4.69) is 4.98 Å². The van der Waals surface area contributed by atoms with Crippen LogP contribution in [-0.2, 0) is 6.61 Å². The molecule has 4 heteroatoms. The molecule has 0 radical (unpaired) electrons. The zero-order valence-corrected chi connectivity index (χ0v) is 9.96. The van der Waals surface area contributed by atoms with Gasteiger partial charge in [-0.3, -0.25) is 0 Å². The number of carboxylic acids is 1. The second-order valence-electron chi connectivity index (χ2n) is 3.96. The number of nitrogens with zero attached hydrogens (tertiary/aromatic N) is 1. The number of benzene rings is 1. The highest BCUT2D eigenvalue weighted by Gasteiger charge is 2.03. The van der Waals surface area contributed by atoms with E-state index in [1.165, 1.54) is 12.3 Å². The third-order valence-corrected chi connectivity index (χ3v) is 2.44. The van der Waals surface area contributed by atoms with Gasteiger partial charge in [-0.2, -0.15) is 0 Å². The lowest BCUT2D eigenvalue weighted by molar-refractivity contribution is 0.0690. The van der Waals surface area contributed by atoms with Gasteiger partial charge in [-0.15, -0.1) is 0 Å². The van der Waals surface area contributed by atoms with Crippen LogP contribution in [0.15, 0.2) is 42.6 Å². The van der Waals surface area contributed by atoms with Crippen molar-refractivity contribution in [2.75, 3.05) is 0 Å². The van der Waals surface area contributed by atoms with Crippen molar-refractivity contribution < 1.29 is 14.6 Å². The number of carbonyl (C=O) groups is 1. The highest BCUT2D eigenvalue weighted by molar-refractivity contribution is 5.85. The van der Waals surface area contributed by atoms with Crippen LogP contribution in [0.25, 0.3) is 0 Å². The summed E-state index contributed by atoms with van der Waals surface area (Å²) in [4.78, 5) is 14.5. The van der Waals surface area contributed by atoms with Crippen LogP contribution in [0, 0.1) is 6.92 Å². The van der Waals surface area contributed by atoms with Crippen molar-refractivity contribution in [2.45, 2.75) is 13.5 Å². The number of carboxylic acid groups (broad SMARTS) is 1. The quantitative estimate of drug-likeness (QED) is 0.896. The van der Waals surface area contributed by atoms with Crippen molar-refractivity contribution in [3.05, 3.63) is 59.4 Å². The predicted octanol–water partition coefficient (Wildman–Crippen LogP) is 2.67. The highest BCUT2D eigenvalue weighted by Crippen LogP contribution is 2.14. The van der Waals surface area contributed by atoms with E-state index in [0.717, 1.165) is 16.9 Å². The van der Waals surface area contributed by atoms with Crippen LogP contribution in [0.4, 0.5) is 0 Å². The summed E-state index contributed by atoms with van der Waals surface area (Å²) in [6, 6.07) is 10.9. The number of hydrogen-bond donors (Lipinski definition) is 1. The van der Waals surface area contributed by atoms with E-state index in [1.54, 1.807) is 6.07 Å². The zero-order chi connectivity index (χ0) is 13.0. The van der Waals surface area contributed by atoms with Crippen molar-refractivity contribution in [3.8, 4) is 5.75 Å². The molecule has 0 bridgehead atoms. The fourth-order valence-electron chi connectivity index (χ4n) is 1.51. The van der Waals surface area contributed by atoms with Gasteiger partial charge in [0, 0.05) is 11.8 Å². The molecule has 0 saturated heterocycles. The Morgan fingerprint density at radius 3 is 2.78 bits per heavy atom. The van der Waals surface area contributed by atoms with Crippen LogP contribution in [0.3, 0.4) is 0 Å². The van der Waals surface area contributed by atoms with Gasteiger partial charge in [-0.25, -0.2) is 9.78 Å². The first-order valence-electron chi connectivity index (χ1n) is 5.53. The standard InChI is InChI=1S/C14H13NO3/c1-10-3-2-4-12(7-10)18-9-11-5-6-13(14(16)17)15-8-11/h2-8H,9H2,1H3,(H,16,17). The molecule has 1 aromatic carbocycles. The van der Waals surface area contributed by atoms with Crippen molar-refractivity contribution >= 4 is 5.97 Å². The summed E-state index contributed by atoms with van der Waals surface area (Å²) in [6.07, 6.45) is 1.51. The van der Waals surface area contributed by atoms with Gasteiger partial charge >= 0.3 is 5.97 Å². The Hall–Kier alpha value is -2.36. The summed E-state index contributed by atoms with van der Waals surface area (Å²) < 4.78 is 5.59. The Morgan fingerprint density at radius 2 is 2.17 bits per heavy atom. The van der Waals surface area contributed by atoms with Gasteiger partial charge in [0.2, 0.25) is 0 Å². The lowest BCUT2D eigenvalue weighted by Gasteiger charge is -2.06. The monoisotopic (exact) mass is 243 g/mol. The second kappa shape index (κ2) is 5.31. The third kappa shape index (κ3) is 3.07. The number of pyridine rings is 1. The van der Waals surface area contributed by atoms with E-state index in [4.69, 9.17) is 9.84 Å². The molecule has 0 unspecified atom stereocenters. The van der Waals surface area contributed by atoms with Crippen LogP contribution in [0.2, 0.25) is 0 Å². The molecule has 0 aliphatic rings. The molecule has 0 aliphatic carbocycles. The molecule has 1 N–H and O–H groups in total. The number of hydrogen-bond acceptors (Lipinski definition) is 3. The molecule has 0 spiro atoms. The molecule has 4 nitrogen and oxygen atoms in total. The summed E-state index contributed by atoms with van der Waals surface area (Å²) in [7, 11) is 0. The van der Waals surface area contributed by atoms with Crippen LogP contribution < -0.4 is 4.74 Å². The summed E-state index contributed by atoms with van der Waals surface area (Å²) in [5, 5.41) is 8.72. The maximum Gasteiger partial charge on any atom is 0.354 e. The van der Waals surface area contributed by atoms with Crippen LogP contribution >= 0.6 is 0 Å². The molecule has 92 valence electrons. The van der Waals surface area contributed by atoms with Crippen molar-refractivity contribution in [3.63, 3.8) is 0 Å². The number of aromatic nitrogens is 1. The van der Waals surface area contributed by atoms with Gasteiger partial charge < -0.3 is 9.84 Å². The maximum atomic E-state index is 10.6. The number of rotatable bonds is 4. The summed E-state index contributed by atoms with van der Waals surface area (Å²) in [5.74, 6) is -0.238. The van der Waals surface area contributed by atoms with Crippen molar-refractivity contribution in [2.24, 2.45) is 0 Å². The second-order valence-corrected chi connectivity index (χ2v) is 3.96. The van der Waals surface area contributed by atoms with Gasteiger partial charge in [0.15, 0.2) is 0 Å². The molecule has 1 aromatic heterocycles. The molecule has 0 saturated carbocycles. The average Bonchev–Trinajstić information content (AvgIpc) is 2.37. The van der Waals surface area contributed by atoms with E-state index in [-0.39, 0.29) is 5.69 Å². The third-order valence-electron chi connectivity index (χ3n) is 2.44. The van der Waals surface area contributed by atoms with E-state index in [0.29, 0.717) is 6.61 Å². The molecule has 0 atom stereocenters. The van der Waals surface area contributed by atoms with Crippen LogP contribution in [0.5, 0.6) is 5.75 Å². The Kier molecular flexibility index (Phi) is 3.57. The smallest absolute Gasteiger partial charge is 0.354 e. The molecular weight excluding hydrogens is 230 g/mol. The van der Waals surface area contributed by atoms with E-state index in [1.807, 2.05) is 31.2 Å². The van der Waals surface area contributed by atoms with Gasteiger partial charge in [0.1, 0.15) is 18.1 Å². The molecule has 1 heterocycles. The fraction of sp³-hybridized carbons (Fsp3) is 0.143. The largest absolute Gasteiger partial charge is 0.489 e. The van der Waals surface area contributed by atoms with Crippen LogP contribution in [0.1, 0.15) is 21.6 Å². The summed E-state index contributed by atoms with van der Waals surface area (Å²) in [6.45, 7) is 2.37. The van der Waals surface area contributed by atoms with Gasteiger partial charge in [-0.05, 0) is 30.7 Å². The van der Waals surface area contributed by atoms with E-state index < -0.39 is 5.97 Å². The first-order valence-corrected chi connectivity index (χ1v) is 5.53. The lowest BCUT2D eigenvalue weighted by Crippen LogP contribution is -2.02. The molecule has 0 aliphatic heterocycles. The first kappa shape index (κ1) is 12.1.